The van der Waals surface area contributed by atoms with Gasteiger partial charge in [-0.25, -0.2) is 0 Å². The number of carbonyl (C=O) groups is 1. The quantitative estimate of drug-likeness (QED) is 0.309. The number of pyridine rings is 1. The number of hydrogen-bond acceptors (Lipinski definition) is 3. The molecule has 184 valence electrons. The van der Waals surface area contributed by atoms with Crippen LogP contribution in [0.4, 0.5) is 13.2 Å². The zero-order chi connectivity index (χ0) is 25.3. The minimum atomic E-state index is -4.73. The van der Waals surface area contributed by atoms with Crippen molar-refractivity contribution >= 4 is 16.8 Å². The van der Waals surface area contributed by atoms with Crippen molar-refractivity contribution in [1.82, 2.24) is 9.88 Å². The van der Waals surface area contributed by atoms with Gasteiger partial charge >= 0.3 is 6.36 Å². The van der Waals surface area contributed by atoms with Crippen molar-refractivity contribution in [2.45, 2.75) is 26.1 Å². The molecular formula is C29H25F3N2O2. The van der Waals surface area contributed by atoms with Gasteiger partial charge in [0, 0.05) is 30.2 Å². The second-order valence-corrected chi connectivity index (χ2v) is 9.20. The molecule has 36 heavy (non-hydrogen) atoms. The molecule has 0 bridgehead atoms. The average Bonchev–Trinajstić information content (AvgIpc) is 3.32. The van der Waals surface area contributed by atoms with Crippen LogP contribution >= 0.6 is 0 Å². The first-order valence-electron chi connectivity index (χ1n) is 11.9. The molecule has 2 heterocycles. The fourth-order valence-corrected chi connectivity index (χ4v) is 4.93. The van der Waals surface area contributed by atoms with E-state index in [1.165, 1.54) is 17.7 Å². The van der Waals surface area contributed by atoms with Crippen LogP contribution in [0.1, 0.15) is 27.9 Å². The molecule has 1 aliphatic heterocycles. The molecule has 1 saturated heterocycles. The number of hydrogen-bond donors (Lipinski definition) is 0. The summed E-state index contributed by atoms with van der Waals surface area (Å²) < 4.78 is 41.4. The Hall–Kier alpha value is -3.87. The van der Waals surface area contributed by atoms with E-state index in [2.05, 4.69) is 21.9 Å². The number of amides is 1. The molecule has 4 nitrogen and oxygen atoms in total. The fourth-order valence-electron chi connectivity index (χ4n) is 4.93. The van der Waals surface area contributed by atoms with Crippen molar-refractivity contribution in [3.63, 3.8) is 0 Å². The van der Waals surface area contributed by atoms with E-state index < -0.39 is 6.36 Å². The van der Waals surface area contributed by atoms with Crippen molar-refractivity contribution < 1.29 is 22.7 Å². The highest BCUT2D eigenvalue weighted by atomic mass is 19.4. The third-order valence-corrected chi connectivity index (χ3v) is 6.71. The van der Waals surface area contributed by atoms with E-state index in [4.69, 9.17) is 0 Å². The summed E-state index contributed by atoms with van der Waals surface area (Å²) in [6.07, 6.45) is -1.02. The van der Waals surface area contributed by atoms with E-state index in [1.54, 1.807) is 12.1 Å². The third-order valence-electron chi connectivity index (χ3n) is 6.71. The largest absolute Gasteiger partial charge is 0.573 e. The van der Waals surface area contributed by atoms with Crippen LogP contribution in [0, 0.1) is 12.8 Å². The Morgan fingerprint density at radius 3 is 2.61 bits per heavy atom. The molecule has 0 aliphatic carbocycles. The van der Waals surface area contributed by atoms with E-state index in [9.17, 15) is 18.0 Å². The third kappa shape index (κ3) is 5.20. The van der Waals surface area contributed by atoms with E-state index >= 15 is 0 Å². The van der Waals surface area contributed by atoms with Crippen LogP contribution in [0.25, 0.3) is 22.0 Å². The van der Waals surface area contributed by atoms with Crippen LogP contribution in [0.15, 0.2) is 79.0 Å². The molecular weight excluding hydrogens is 465 g/mol. The van der Waals surface area contributed by atoms with Gasteiger partial charge in [0.05, 0.1) is 5.52 Å². The Balaban J connectivity index is 1.28. The first kappa shape index (κ1) is 23.9. The van der Waals surface area contributed by atoms with Gasteiger partial charge in [0.1, 0.15) is 5.75 Å². The molecule has 1 aliphatic rings. The summed E-state index contributed by atoms with van der Waals surface area (Å²) in [4.78, 5) is 19.9. The molecule has 3 aromatic carbocycles. The van der Waals surface area contributed by atoms with Gasteiger partial charge < -0.3 is 9.64 Å². The molecule has 0 radical (unpaired) electrons. The SMILES string of the molecule is Cc1c(C(=O)N2CC[C@H](Cc3cnc4ccccc4c3)C2)cccc1-c1ccc(OC(F)(F)F)cc1. The van der Waals surface area contributed by atoms with Crippen LogP contribution < -0.4 is 4.74 Å². The van der Waals surface area contributed by atoms with Gasteiger partial charge in [-0.05, 0) is 78.3 Å². The molecule has 1 amide bonds. The maximum atomic E-state index is 13.4. The van der Waals surface area contributed by atoms with Crippen LogP contribution in [0.5, 0.6) is 5.75 Å². The first-order chi connectivity index (χ1) is 17.3. The molecule has 0 saturated carbocycles. The summed E-state index contributed by atoms with van der Waals surface area (Å²) in [7, 11) is 0. The summed E-state index contributed by atoms with van der Waals surface area (Å²) in [5.74, 6) is 0.0629. The standard InChI is InChI=1S/C29H25F3N2O2/c1-19-25(22-9-11-24(12-10-22)36-29(30,31)32)6-4-7-26(19)28(35)34-14-13-20(18-34)15-21-16-23-5-2-3-8-27(23)33-17-21/h2-12,16-17,20H,13-15,18H2,1H3/t20-/m1/s1. The molecule has 0 N–H and O–H groups in total. The Morgan fingerprint density at radius 1 is 1.06 bits per heavy atom. The summed E-state index contributed by atoms with van der Waals surface area (Å²) in [5.41, 5.74) is 5.08. The van der Waals surface area contributed by atoms with Crippen molar-refractivity contribution in [2.24, 2.45) is 5.92 Å². The van der Waals surface area contributed by atoms with E-state index in [-0.39, 0.29) is 11.7 Å². The molecule has 0 spiro atoms. The van der Waals surface area contributed by atoms with Gasteiger partial charge in [0.25, 0.3) is 5.91 Å². The van der Waals surface area contributed by atoms with Gasteiger partial charge in [-0.3, -0.25) is 9.78 Å². The van der Waals surface area contributed by atoms with E-state index in [0.717, 1.165) is 40.4 Å². The number of rotatable bonds is 5. The van der Waals surface area contributed by atoms with Crippen molar-refractivity contribution in [1.29, 1.82) is 0 Å². The summed E-state index contributed by atoms with van der Waals surface area (Å²) in [6.45, 7) is 3.24. The number of ether oxygens (including phenoxy) is 1. The van der Waals surface area contributed by atoms with Gasteiger partial charge in [-0.15, -0.1) is 13.2 Å². The van der Waals surface area contributed by atoms with E-state index in [1.807, 2.05) is 54.4 Å². The minimum Gasteiger partial charge on any atom is -0.406 e. The number of carbonyl (C=O) groups excluding carboxylic acids is 1. The highest BCUT2D eigenvalue weighted by Crippen LogP contribution is 2.31. The predicted octanol–water partition coefficient (Wildman–Crippen LogP) is 6.81. The van der Waals surface area contributed by atoms with Crippen LogP contribution in [0.3, 0.4) is 0 Å². The van der Waals surface area contributed by atoms with Gasteiger partial charge in [0.2, 0.25) is 0 Å². The molecule has 1 fully saturated rings. The Morgan fingerprint density at radius 2 is 1.83 bits per heavy atom. The summed E-state index contributed by atoms with van der Waals surface area (Å²) >= 11 is 0. The number of benzene rings is 3. The Kier molecular flexibility index (Phi) is 6.39. The van der Waals surface area contributed by atoms with Crippen molar-refractivity contribution in [2.75, 3.05) is 13.1 Å². The van der Waals surface area contributed by atoms with Crippen LogP contribution in [0.2, 0.25) is 0 Å². The minimum absolute atomic E-state index is 0.0227. The second kappa shape index (κ2) is 9.64. The number of alkyl halides is 3. The van der Waals surface area contributed by atoms with Crippen molar-refractivity contribution in [3.05, 3.63) is 95.7 Å². The molecule has 0 unspecified atom stereocenters. The predicted molar refractivity (Wildman–Crippen MR) is 133 cm³/mol. The van der Waals surface area contributed by atoms with Crippen molar-refractivity contribution in [3.8, 4) is 16.9 Å². The number of fused-ring (bicyclic) bond motifs is 1. The lowest BCUT2D eigenvalue weighted by Crippen LogP contribution is -2.29. The van der Waals surface area contributed by atoms with Gasteiger partial charge in [-0.1, -0.05) is 42.5 Å². The number of halogens is 3. The summed E-state index contributed by atoms with van der Waals surface area (Å²) in [6, 6.07) is 21.4. The lowest BCUT2D eigenvalue weighted by atomic mass is 9.95. The maximum Gasteiger partial charge on any atom is 0.573 e. The smallest absolute Gasteiger partial charge is 0.406 e. The second-order valence-electron chi connectivity index (χ2n) is 9.20. The highest BCUT2D eigenvalue weighted by molar-refractivity contribution is 5.97. The number of para-hydroxylation sites is 1. The van der Waals surface area contributed by atoms with Gasteiger partial charge in [-0.2, -0.15) is 0 Å². The highest BCUT2D eigenvalue weighted by Gasteiger charge is 2.31. The van der Waals surface area contributed by atoms with Crippen LogP contribution in [-0.2, 0) is 6.42 Å². The molecule has 1 aromatic heterocycles. The maximum absolute atomic E-state index is 13.4. The normalized spacial score (nSPS) is 15.9. The average molecular weight is 491 g/mol. The number of likely N-dealkylation sites (tertiary alicyclic amines) is 1. The molecule has 7 heteroatoms. The van der Waals surface area contributed by atoms with E-state index in [0.29, 0.717) is 24.6 Å². The zero-order valence-electron chi connectivity index (χ0n) is 19.8. The topological polar surface area (TPSA) is 42.4 Å². The molecule has 5 rings (SSSR count). The summed E-state index contributed by atoms with van der Waals surface area (Å²) in [5, 5.41) is 1.12. The lowest BCUT2D eigenvalue weighted by Gasteiger charge is -2.19. The first-order valence-corrected chi connectivity index (χ1v) is 11.9. The van der Waals surface area contributed by atoms with Crippen LogP contribution in [-0.4, -0.2) is 35.2 Å². The molecule has 4 aromatic rings. The number of nitrogens with zero attached hydrogens (tertiary/aromatic N) is 2. The lowest BCUT2D eigenvalue weighted by molar-refractivity contribution is -0.274. The van der Waals surface area contributed by atoms with Gasteiger partial charge in [0.15, 0.2) is 0 Å². The monoisotopic (exact) mass is 490 g/mol. The fraction of sp³-hybridized carbons (Fsp3) is 0.241. The zero-order valence-corrected chi connectivity index (χ0v) is 19.8. The Labute approximate surface area is 207 Å². The molecule has 1 atom stereocenters. The number of aromatic nitrogens is 1. The Bertz CT molecular complexity index is 1400.